The lowest BCUT2D eigenvalue weighted by atomic mass is 9.97. The summed E-state index contributed by atoms with van der Waals surface area (Å²) in [5, 5.41) is 11.6. The summed E-state index contributed by atoms with van der Waals surface area (Å²) >= 11 is 5.98. The van der Waals surface area contributed by atoms with E-state index in [1.807, 2.05) is 12.1 Å². The number of H-pyrrole nitrogens is 1. The molecule has 5 rings (SSSR count). The van der Waals surface area contributed by atoms with Gasteiger partial charge in [0.1, 0.15) is 5.82 Å². The molecule has 7 nitrogen and oxygen atoms in total. The second-order valence-corrected chi connectivity index (χ2v) is 8.16. The van der Waals surface area contributed by atoms with Crippen molar-refractivity contribution in [3.05, 3.63) is 77.0 Å². The average molecular weight is 452 g/mol. The van der Waals surface area contributed by atoms with Crippen LogP contribution in [0.3, 0.4) is 0 Å². The summed E-state index contributed by atoms with van der Waals surface area (Å²) in [6.45, 7) is 1.08. The number of carbonyl (C=O) groups excluding carboxylic acids is 1. The van der Waals surface area contributed by atoms with Crippen molar-refractivity contribution in [1.82, 2.24) is 25.2 Å². The summed E-state index contributed by atoms with van der Waals surface area (Å²) in [7, 11) is 0. The lowest BCUT2D eigenvalue weighted by Gasteiger charge is -2.31. The van der Waals surface area contributed by atoms with E-state index in [2.05, 4.69) is 20.3 Å². The van der Waals surface area contributed by atoms with Crippen LogP contribution in [0.1, 0.15) is 35.0 Å². The van der Waals surface area contributed by atoms with Crippen molar-refractivity contribution in [1.29, 1.82) is 0 Å². The molecule has 3 heterocycles. The molecule has 1 aliphatic heterocycles. The number of carbonyl (C=O) groups is 1. The second-order valence-electron chi connectivity index (χ2n) is 7.72. The van der Waals surface area contributed by atoms with Crippen molar-refractivity contribution < 1.29 is 13.7 Å². The van der Waals surface area contributed by atoms with Crippen LogP contribution in [0.15, 0.2) is 59.3 Å². The third-order valence-corrected chi connectivity index (χ3v) is 5.84. The largest absolute Gasteiger partial charge is 0.339 e. The van der Waals surface area contributed by atoms with Crippen molar-refractivity contribution in [3.8, 4) is 22.6 Å². The Morgan fingerprint density at radius 1 is 1.19 bits per heavy atom. The van der Waals surface area contributed by atoms with Crippen LogP contribution in [-0.4, -0.2) is 44.2 Å². The van der Waals surface area contributed by atoms with E-state index >= 15 is 0 Å². The van der Waals surface area contributed by atoms with Gasteiger partial charge in [-0.1, -0.05) is 41.0 Å². The number of benzene rings is 2. The van der Waals surface area contributed by atoms with Gasteiger partial charge in [-0.2, -0.15) is 10.1 Å². The molecule has 1 unspecified atom stereocenters. The number of amides is 1. The van der Waals surface area contributed by atoms with Gasteiger partial charge in [-0.05, 0) is 37.1 Å². The minimum atomic E-state index is -0.361. The van der Waals surface area contributed by atoms with E-state index in [0.29, 0.717) is 46.6 Å². The molecule has 1 fully saturated rings. The fourth-order valence-corrected chi connectivity index (χ4v) is 4.09. The predicted molar refractivity (Wildman–Crippen MR) is 117 cm³/mol. The molecule has 1 saturated heterocycles. The Labute approximate surface area is 188 Å². The molecule has 1 amide bonds. The Kier molecular flexibility index (Phi) is 5.45. The normalized spacial score (nSPS) is 16.3. The first-order valence-corrected chi connectivity index (χ1v) is 10.6. The van der Waals surface area contributed by atoms with Gasteiger partial charge in [-0.25, -0.2) is 4.39 Å². The zero-order valence-electron chi connectivity index (χ0n) is 17.0. The van der Waals surface area contributed by atoms with E-state index in [1.165, 1.54) is 12.1 Å². The standard InChI is InChI=1S/C23H19ClFN5O2/c24-17-8-6-14(7-9-17)20-19(12-26-28-20)23(31)30-10-2-4-16(13-30)22-27-21(29-32-22)15-3-1-5-18(25)11-15/h1,3,5-9,11-12,16H,2,4,10,13H2,(H,26,28). The molecular weight excluding hydrogens is 433 g/mol. The highest BCUT2D eigenvalue weighted by Crippen LogP contribution is 2.30. The minimum Gasteiger partial charge on any atom is -0.339 e. The molecule has 32 heavy (non-hydrogen) atoms. The van der Waals surface area contributed by atoms with Gasteiger partial charge in [-0.3, -0.25) is 9.89 Å². The molecular formula is C23H19ClFN5O2. The highest BCUT2D eigenvalue weighted by atomic mass is 35.5. The number of likely N-dealkylation sites (tertiary alicyclic amines) is 1. The minimum absolute atomic E-state index is 0.0895. The third kappa shape index (κ3) is 4.01. The first-order chi connectivity index (χ1) is 15.6. The highest BCUT2D eigenvalue weighted by molar-refractivity contribution is 6.30. The molecule has 1 N–H and O–H groups in total. The van der Waals surface area contributed by atoms with Gasteiger partial charge in [0.05, 0.1) is 23.4 Å². The van der Waals surface area contributed by atoms with Crippen LogP contribution in [0.25, 0.3) is 22.6 Å². The van der Waals surface area contributed by atoms with Crippen LogP contribution in [-0.2, 0) is 0 Å². The molecule has 2 aromatic carbocycles. The zero-order valence-corrected chi connectivity index (χ0v) is 17.7. The van der Waals surface area contributed by atoms with E-state index in [0.717, 1.165) is 18.4 Å². The number of hydrogen-bond acceptors (Lipinski definition) is 5. The van der Waals surface area contributed by atoms with E-state index < -0.39 is 0 Å². The Morgan fingerprint density at radius 2 is 2.03 bits per heavy atom. The Bertz CT molecular complexity index is 1250. The first kappa shape index (κ1) is 20.4. The topological polar surface area (TPSA) is 87.9 Å². The number of aromatic amines is 1. The molecule has 0 aliphatic carbocycles. The fraction of sp³-hybridized carbons (Fsp3) is 0.217. The lowest BCUT2D eigenvalue weighted by molar-refractivity contribution is 0.0696. The number of nitrogens with zero attached hydrogens (tertiary/aromatic N) is 4. The third-order valence-electron chi connectivity index (χ3n) is 5.59. The van der Waals surface area contributed by atoms with Crippen LogP contribution >= 0.6 is 11.6 Å². The molecule has 162 valence electrons. The van der Waals surface area contributed by atoms with Gasteiger partial charge in [0.2, 0.25) is 11.7 Å². The van der Waals surface area contributed by atoms with Crippen LogP contribution in [0.4, 0.5) is 4.39 Å². The average Bonchev–Trinajstić information content (AvgIpc) is 3.50. The number of aromatic nitrogens is 4. The van der Waals surface area contributed by atoms with Crippen LogP contribution < -0.4 is 0 Å². The maximum Gasteiger partial charge on any atom is 0.257 e. The molecule has 1 atom stereocenters. The molecule has 1 aliphatic rings. The predicted octanol–water partition coefficient (Wildman–Crippen LogP) is 4.94. The smallest absolute Gasteiger partial charge is 0.257 e. The number of rotatable bonds is 4. The van der Waals surface area contributed by atoms with E-state index in [-0.39, 0.29) is 17.6 Å². The first-order valence-electron chi connectivity index (χ1n) is 10.3. The maximum absolute atomic E-state index is 13.5. The van der Waals surface area contributed by atoms with Gasteiger partial charge in [0.25, 0.3) is 5.91 Å². The Morgan fingerprint density at radius 3 is 2.84 bits per heavy atom. The molecule has 2 aromatic heterocycles. The van der Waals surface area contributed by atoms with Crippen LogP contribution in [0.2, 0.25) is 5.02 Å². The monoisotopic (exact) mass is 451 g/mol. The van der Waals surface area contributed by atoms with Crippen molar-refractivity contribution >= 4 is 17.5 Å². The summed E-state index contributed by atoms with van der Waals surface area (Å²) in [6, 6.07) is 13.3. The number of hydrogen-bond donors (Lipinski definition) is 1. The maximum atomic E-state index is 13.5. The molecule has 0 saturated carbocycles. The van der Waals surface area contributed by atoms with E-state index in [4.69, 9.17) is 16.1 Å². The summed E-state index contributed by atoms with van der Waals surface area (Å²) < 4.78 is 19.0. The van der Waals surface area contributed by atoms with Crippen molar-refractivity contribution in [2.75, 3.05) is 13.1 Å². The quantitative estimate of drug-likeness (QED) is 0.475. The van der Waals surface area contributed by atoms with Gasteiger partial charge in [0, 0.05) is 29.2 Å². The molecule has 0 bridgehead atoms. The molecule has 0 radical (unpaired) electrons. The lowest BCUT2D eigenvalue weighted by Crippen LogP contribution is -2.39. The molecule has 9 heteroatoms. The van der Waals surface area contributed by atoms with Crippen molar-refractivity contribution in [3.63, 3.8) is 0 Å². The number of halogens is 2. The van der Waals surface area contributed by atoms with Crippen LogP contribution in [0.5, 0.6) is 0 Å². The summed E-state index contributed by atoms with van der Waals surface area (Å²) in [5.41, 5.74) is 2.54. The summed E-state index contributed by atoms with van der Waals surface area (Å²) in [5.74, 6) is 0.223. The zero-order chi connectivity index (χ0) is 22.1. The fourth-order valence-electron chi connectivity index (χ4n) is 3.96. The number of nitrogens with one attached hydrogen (secondary N) is 1. The highest BCUT2D eigenvalue weighted by Gasteiger charge is 2.30. The number of piperidine rings is 1. The van der Waals surface area contributed by atoms with Gasteiger partial charge in [0.15, 0.2) is 0 Å². The van der Waals surface area contributed by atoms with Crippen molar-refractivity contribution in [2.45, 2.75) is 18.8 Å². The molecule has 4 aromatic rings. The Balaban J connectivity index is 1.35. The molecule has 0 spiro atoms. The van der Waals surface area contributed by atoms with E-state index in [1.54, 1.807) is 35.4 Å². The Hall–Kier alpha value is -3.52. The van der Waals surface area contributed by atoms with E-state index in [9.17, 15) is 9.18 Å². The van der Waals surface area contributed by atoms with Crippen molar-refractivity contribution in [2.24, 2.45) is 0 Å². The second kappa shape index (κ2) is 8.55. The van der Waals surface area contributed by atoms with Crippen LogP contribution in [0, 0.1) is 5.82 Å². The summed E-state index contributed by atoms with van der Waals surface area (Å²) in [6.07, 6.45) is 3.18. The summed E-state index contributed by atoms with van der Waals surface area (Å²) in [4.78, 5) is 19.5. The SMILES string of the molecule is O=C(c1cn[nH]c1-c1ccc(Cl)cc1)N1CCCC(c2nc(-c3cccc(F)c3)no2)C1. The van der Waals surface area contributed by atoms with Gasteiger partial charge in [-0.15, -0.1) is 0 Å². The van der Waals surface area contributed by atoms with Gasteiger partial charge < -0.3 is 9.42 Å². The van der Waals surface area contributed by atoms with Gasteiger partial charge >= 0.3 is 0 Å².